The SMILES string of the molecule is C[C@@H]1CCc2sc(C(=O)OCC(=O)NCc3ccccc3)cc2C1. The Bertz CT molecular complexity index is 723. The van der Waals surface area contributed by atoms with Crippen LogP contribution < -0.4 is 5.32 Å². The number of aryl methyl sites for hydroxylation is 1. The molecule has 0 fully saturated rings. The van der Waals surface area contributed by atoms with Gasteiger partial charge in [0.1, 0.15) is 4.88 Å². The first-order valence-electron chi connectivity index (χ1n) is 8.21. The predicted octanol–water partition coefficient (Wildman–Crippen LogP) is 3.35. The molecule has 4 nitrogen and oxygen atoms in total. The molecule has 0 aliphatic heterocycles. The summed E-state index contributed by atoms with van der Waals surface area (Å²) in [6.45, 7) is 2.42. The highest BCUT2D eigenvalue weighted by Crippen LogP contribution is 2.32. The molecule has 0 saturated carbocycles. The van der Waals surface area contributed by atoms with Gasteiger partial charge in [0.25, 0.3) is 5.91 Å². The molecule has 126 valence electrons. The van der Waals surface area contributed by atoms with Crippen LogP contribution >= 0.6 is 11.3 Å². The Morgan fingerprint density at radius 2 is 2.08 bits per heavy atom. The first kappa shape index (κ1) is 16.7. The molecule has 1 aliphatic carbocycles. The molecular formula is C19H21NO3S. The van der Waals surface area contributed by atoms with Gasteiger partial charge in [0.05, 0.1) is 0 Å². The molecule has 1 aromatic carbocycles. The Morgan fingerprint density at radius 1 is 1.29 bits per heavy atom. The third-order valence-corrected chi connectivity index (χ3v) is 5.41. The Balaban J connectivity index is 1.48. The van der Waals surface area contributed by atoms with E-state index in [0.29, 0.717) is 17.3 Å². The quantitative estimate of drug-likeness (QED) is 0.847. The fourth-order valence-electron chi connectivity index (χ4n) is 2.86. The molecule has 1 heterocycles. The summed E-state index contributed by atoms with van der Waals surface area (Å²) in [5.41, 5.74) is 2.27. The van der Waals surface area contributed by atoms with Crippen LogP contribution in [0.2, 0.25) is 0 Å². The van der Waals surface area contributed by atoms with Gasteiger partial charge in [-0.25, -0.2) is 4.79 Å². The number of benzene rings is 1. The van der Waals surface area contributed by atoms with E-state index in [1.54, 1.807) is 0 Å². The number of fused-ring (bicyclic) bond motifs is 1. The number of nitrogens with one attached hydrogen (secondary N) is 1. The van der Waals surface area contributed by atoms with Crippen molar-refractivity contribution in [3.05, 3.63) is 57.3 Å². The van der Waals surface area contributed by atoms with Gasteiger partial charge in [0.2, 0.25) is 0 Å². The number of thiophene rings is 1. The third-order valence-electron chi connectivity index (χ3n) is 4.20. The Morgan fingerprint density at radius 3 is 2.88 bits per heavy atom. The summed E-state index contributed by atoms with van der Waals surface area (Å²) in [6, 6.07) is 11.6. The van der Waals surface area contributed by atoms with Gasteiger partial charge in [-0.05, 0) is 42.4 Å². The van der Waals surface area contributed by atoms with Crippen molar-refractivity contribution in [1.82, 2.24) is 5.32 Å². The summed E-state index contributed by atoms with van der Waals surface area (Å²) in [7, 11) is 0. The predicted molar refractivity (Wildman–Crippen MR) is 94.1 cm³/mol. The maximum absolute atomic E-state index is 12.1. The van der Waals surface area contributed by atoms with Gasteiger partial charge in [-0.15, -0.1) is 11.3 Å². The van der Waals surface area contributed by atoms with Crippen molar-refractivity contribution in [2.75, 3.05) is 6.61 Å². The molecule has 1 atom stereocenters. The highest BCUT2D eigenvalue weighted by molar-refractivity contribution is 7.14. The summed E-state index contributed by atoms with van der Waals surface area (Å²) in [5.74, 6) is -0.0289. The molecule has 2 aromatic rings. The van der Waals surface area contributed by atoms with Crippen molar-refractivity contribution < 1.29 is 14.3 Å². The van der Waals surface area contributed by atoms with Crippen LogP contribution in [-0.2, 0) is 28.9 Å². The van der Waals surface area contributed by atoms with Gasteiger partial charge < -0.3 is 10.1 Å². The minimum atomic E-state index is -0.406. The molecule has 0 bridgehead atoms. The fraction of sp³-hybridized carbons (Fsp3) is 0.368. The van der Waals surface area contributed by atoms with Crippen LogP contribution in [-0.4, -0.2) is 18.5 Å². The maximum atomic E-state index is 12.1. The monoisotopic (exact) mass is 343 g/mol. The van der Waals surface area contributed by atoms with E-state index in [4.69, 9.17) is 4.74 Å². The van der Waals surface area contributed by atoms with E-state index in [1.165, 1.54) is 28.2 Å². The van der Waals surface area contributed by atoms with Gasteiger partial charge >= 0.3 is 5.97 Å². The summed E-state index contributed by atoms with van der Waals surface area (Å²) in [4.78, 5) is 25.8. The fourth-order valence-corrected chi connectivity index (χ4v) is 3.96. The standard InChI is InChI=1S/C19H21NO3S/c1-13-7-8-16-15(9-13)10-17(24-16)19(22)23-12-18(21)20-11-14-5-3-2-4-6-14/h2-6,10,13H,7-9,11-12H2,1H3,(H,20,21)/t13-/m1/s1. The first-order chi connectivity index (χ1) is 11.6. The van der Waals surface area contributed by atoms with Crippen molar-refractivity contribution >= 4 is 23.2 Å². The number of ether oxygens (including phenoxy) is 1. The summed E-state index contributed by atoms with van der Waals surface area (Å²) >= 11 is 1.50. The van der Waals surface area contributed by atoms with Crippen molar-refractivity contribution in [3.8, 4) is 0 Å². The number of amides is 1. The van der Waals surface area contributed by atoms with Crippen molar-refractivity contribution in [3.63, 3.8) is 0 Å². The molecule has 0 spiro atoms. The van der Waals surface area contributed by atoms with Crippen LogP contribution in [0.3, 0.4) is 0 Å². The second kappa shape index (κ2) is 7.62. The maximum Gasteiger partial charge on any atom is 0.348 e. The van der Waals surface area contributed by atoms with Gasteiger partial charge in [0, 0.05) is 11.4 Å². The summed E-state index contributed by atoms with van der Waals surface area (Å²) in [5, 5.41) is 2.75. The second-order valence-electron chi connectivity index (χ2n) is 6.25. The number of hydrogen-bond donors (Lipinski definition) is 1. The number of carbonyl (C=O) groups excluding carboxylic acids is 2. The molecular weight excluding hydrogens is 322 g/mol. The summed E-state index contributed by atoms with van der Waals surface area (Å²) in [6.07, 6.45) is 3.23. The van der Waals surface area contributed by atoms with Crippen LogP contribution in [0.1, 0.15) is 39.0 Å². The Hall–Kier alpha value is -2.14. The second-order valence-corrected chi connectivity index (χ2v) is 7.38. The zero-order valence-corrected chi connectivity index (χ0v) is 14.5. The molecule has 3 rings (SSSR count). The van der Waals surface area contributed by atoms with E-state index < -0.39 is 5.97 Å². The van der Waals surface area contributed by atoms with Crippen molar-refractivity contribution in [2.45, 2.75) is 32.7 Å². The topological polar surface area (TPSA) is 55.4 Å². The van der Waals surface area contributed by atoms with E-state index in [0.717, 1.165) is 18.4 Å². The van der Waals surface area contributed by atoms with Crippen molar-refractivity contribution in [1.29, 1.82) is 0 Å². The lowest BCUT2D eigenvalue weighted by molar-refractivity contribution is -0.124. The number of hydrogen-bond acceptors (Lipinski definition) is 4. The van der Waals surface area contributed by atoms with E-state index in [1.807, 2.05) is 36.4 Å². The number of carbonyl (C=O) groups is 2. The molecule has 0 unspecified atom stereocenters. The van der Waals surface area contributed by atoms with E-state index in [9.17, 15) is 9.59 Å². The molecule has 1 aromatic heterocycles. The molecule has 5 heteroatoms. The molecule has 0 radical (unpaired) electrons. The average molecular weight is 343 g/mol. The van der Waals surface area contributed by atoms with Crippen molar-refractivity contribution in [2.24, 2.45) is 5.92 Å². The largest absolute Gasteiger partial charge is 0.451 e. The first-order valence-corrected chi connectivity index (χ1v) is 9.03. The smallest absolute Gasteiger partial charge is 0.348 e. The highest BCUT2D eigenvalue weighted by atomic mass is 32.1. The van der Waals surface area contributed by atoms with Crippen LogP contribution in [0.25, 0.3) is 0 Å². The number of rotatable bonds is 5. The molecule has 0 saturated heterocycles. The van der Waals surface area contributed by atoms with Gasteiger partial charge in [-0.1, -0.05) is 37.3 Å². The molecule has 1 amide bonds. The Kier molecular flexibility index (Phi) is 5.30. The van der Waals surface area contributed by atoms with Crippen LogP contribution in [0.4, 0.5) is 0 Å². The molecule has 24 heavy (non-hydrogen) atoms. The van der Waals surface area contributed by atoms with Crippen LogP contribution in [0, 0.1) is 5.92 Å². The summed E-state index contributed by atoms with van der Waals surface area (Å²) < 4.78 is 5.14. The molecule has 1 aliphatic rings. The third kappa shape index (κ3) is 4.23. The van der Waals surface area contributed by atoms with Gasteiger partial charge in [-0.3, -0.25) is 4.79 Å². The lowest BCUT2D eigenvalue weighted by Gasteiger charge is -2.16. The average Bonchev–Trinajstić information content (AvgIpc) is 3.02. The zero-order chi connectivity index (χ0) is 16.9. The minimum Gasteiger partial charge on any atom is -0.451 e. The zero-order valence-electron chi connectivity index (χ0n) is 13.7. The van der Waals surface area contributed by atoms with E-state index in [2.05, 4.69) is 12.2 Å². The Labute approximate surface area is 145 Å². The van der Waals surface area contributed by atoms with E-state index >= 15 is 0 Å². The van der Waals surface area contributed by atoms with Crippen LogP contribution in [0.5, 0.6) is 0 Å². The molecule has 1 N–H and O–H groups in total. The van der Waals surface area contributed by atoms with Gasteiger partial charge in [-0.2, -0.15) is 0 Å². The van der Waals surface area contributed by atoms with E-state index in [-0.39, 0.29) is 12.5 Å². The lowest BCUT2D eigenvalue weighted by Crippen LogP contribution is -2.28. The van der Waals surface area contributed by atoms with Crippen LogP contribution in [0.15, 0.2) is 36.4 Å². The lowest BCUT2D eigenvalue weighted by atomic mass is 9.90. The number of esters is 1. The minimum absolute atomic E-state index is 0.245. The highest BCUT2D eigenvalue weighted by Gasteiger charge is 2.21. The van der Waals surface area contributed by atoms with Gasteiger partial charge in [0.15, 0.2) is 6.61 Å². The normalized spacial score (nSPS) is 16.3.